The van der Waals surface area contributed by atoms with E-state index in [9.17, 15) is 5.11 Å². The summed E-state index contributed by atoms with van der Waals surface area (Å²) in [6, 6.07) is 2.52. The molecule has 3 nitrogen and oxygen atoms in total. The standard InChI is InChI=1S/C16H28N2O/c1-4-13(3)18-11-9-15(17-18)12-16(19)10-7-6-8-14(16)5-2/h9,11,13-14,19H,4-8,10,12H2,1-3H3. The van der Waals surface area contributed by atoms with Crippen molar-refractivity contribution in [3.63, 3.8) is 0 Å². The third kappa shape index (κ3) is 3.19. The molecule has 1 saturated carbocycles. The summed E-state index contributed by atoms with van der Waals surface area (Å²) in [5.41, 5.74) is 0.518. The first-order chi connectivity index (χ1) is 9.09. The number of hydrogen-bond donors (Lipinski definition) is 1. The van der Waals surface area contributed by atoms with E-state index < -0.39 is 5.60 Å². The van der Waals surface area contributed by atoms with Gasteiger partial charge < -0.3 is 5.11 Å². The number of aromatic nitrogens is 2. The molecule has 0 bridgehead atoms. The zero-order valence-electron chi connectivity index (χ0n) is 12.6. The van der Waals surface area contributed by atoms with Crippen LogP contribution in [0, 0.1) is 5.92 Å². The summed E-state index contributed by atoms with van der Waals surface area (Å²) in [4.78, 5) is 0. The van der Waals surface area contributed by atoms with Crippen molar-refractivity contribution < 1.29 is 5.11 Å². The molecule has 1 aromatic rings. The summed E-state index contributed by atoms with van der Waals surface area (Å²) in [5, 5.41) is 15.6. The lowest BCUT2D eigenvalue weighted by Gasteiger charge is -2.39. The Morgan fingerprint density at radius 1 is 1.47 bits per heavy atom. The van der Waals surface area contributed by atoms with Gasteiger partial charge in [-0.1, -0.05) is 33.1 Å². The minimum Gasteiger partial charge on any atom is -0.389 e. The van der Waals surface area contributed by atoms with E-state index in [1.807, 2.05) is 4.68 Å². The molecule has 19 heavy (non-hydrogen) atoms. The van der Waals surface area contributed by atoms with E-state index in [0.29, 0.717) is 12.0 Å². The van der Waals surface area contributed by atoms with Crippen LogP contribution in [0.25, 0.3) is 0 Å². The molecule has 1 N–H and O–H groups in total. The molecule has 3 heteroatoms. The smallest absolute Gasteiger partial charge is 0.0731 e. The summed E-state index contributed by atoms with van der Waals surface area (Å²) in [7, 11) is 0. The maximum absolute atomic E-state index is 10.9. The fourth-order valence-corrected chi connectivity index (χ4v) is 3.33. The second-order valence-electron chi connectivity index (χ2n) is 6.18. The van der Waals surface area contributed by atoms with Crippen molar-refractivity contribution in [3.8, 4) is 0 Å². The number of aliphatic hydroxyl groups is 1. The second kappa shape index (κ2) is 6.08. The van der Waals surface area contributed by atoms with Gasteiger partial charge in [0, 0.05) is 18.7 Å². The molecule has 0 aliphatic heterocycles. The molecule has 0 amide bonds. The molecule has 1 heterocycles. The van der Waals surface area contributed by atoms with Crippen molar-refractivity contribution in [2.75, 3.05) is 0 Å². The molecule has 0 radical (unpaired) electrons. The molecule has 3 atom stereocenters. The lowest BCUT2D eigenvalue weighted by molar-refractivity contribution is -0.0499. The molecule has 1 fully saturated rings. The Morgan fingerprint density at radius 3 is 2.95 bits per heavy atom. The van der Waals surface area contributed by atoms with Gasteiger partial charge in [-0.3, -0.25) is 4.68 Å². The number of rotatable bonds is 5. The fraction of sp³-hybridized carbons (Fsp3) is 0.812. The maximum Gasteiger partial charge on any atom is 0.0731 e. The Kier molecular flexibility index (Phi) is 4.67. The molecule has 0 aromatic carbocycles. The molecule has 1 aromatic heterocycles. The van der Waals surface area contributed by atoms with E-state index in [0.717, 1.165) is 37.8 Å². The highest BCUT2D eigenvalue weighted by atomic mass is 16.3. The van der Waals surface area contributed by atoms with Crippen molar-refractivity contribution in [2.24, 2.45) is 5.92 Å². The third-order valence-corrected chi connectivity index (χ3v) is 4.86. The Bertz CT molecular complexity index is 401. The summed E-state index contributed by atoms with van der Waals surface area (Å²) in [6.45, 7) is 6.55. The monoisotopic (exact) mass is 264 g/mol. The van der Waals surface area contributed by atoms with E-state index in [1.54, 1.807) is 0 Å². The lowest BCUT2D eigenvalue weighted by atomic mass is 9.72. The minimum absolute atomic E-state index is 0.440. The highest BCUT2D eigenvalue weighted by Gasteiger charge is 2.38. The van der Waals surface area contributed by atoms with Gasteiger partial charge in [0.2, 0.25) is 0 Å². The number of hydrogen-bond acceptors (Lipinski definition) is 2. The molecule has 1 aliphatic rings. The van der Waals surface area contributed by atoms with Crippen LogP contribution >= 0.6 is 0 Å². The molecule has 1 aliphatic carbocycles. The topological polar surface area (TPSA) is 38.0 Å². The normalized spacial score (nSPS) is 29.4. The predicted octanol–water partition coefficient (Wildman–Crippen LogP) is 3.73. The average Bonchev–Trinajstić information content (AvgIpc) is 2.86. The lowest BCUT2D eigenvalue weighted by Crippen LogP contribution is -2.42. The fourth-order valence-electron chi connectivity index (χ4n) is 3.33. The summed E-state index contributed by atoms with van der Waals surface area (Å²) < 4.78 is 2.03. The van der Waals surface area contributed by atoms with Gasteiger partial charge in [0.25, 0.3) is 0 Å². The molecular formula is C16H28N2O. The Morgan fingerprint density at radius 2 is 2.26 bits per heavy atom. The Labute approximate surface area is 117 Å². The van der Waals surface area contributed by atoms with Crippen LogP contribution < -0.4 is 0 Å². The van der Waals surface area contributed by atoms with Gasteiger partial charge in [-0.05, 0) is 38.2 Å². The third-order valence-electron chi connectivity index (χ3n) is 4.86. The van der Waals surface area contributed by atoms with E-state index >= 15 is 0 Å². The first-order valence-electron chi connectivity index (χ1n) is 7.85. The SMILES string of the molecule is CCC(C)n1ccc(CC2(O)CCCCC2CC)n1. The highest BCUT2D eigenvalue weighted by Crippen LogP contribution is 2.38. The van der Waals surface area contributed by atoms with Crippen LogP contribution in [0.3, 0.4) is 0 Å². The van der Waals surface area contributed by atoms with Gasteiger partial charge in [0.15, 0.2) is 0 Å². The largest absolute Gasteiger partial charge is 0.389 e. The van der Waals surface area contributed by atoms with Crippen molar-refractivity contribution >= 4 is 0 Å². The minimum atomic E-state index is -0.526. The van der Waals surface area contributed by atoms with Crippen LogP contribution in [0.15, 0.2) is 12.3 Å². The van der Waals surface area contributed by atoms with Gasteiger partial charge in [-0.2, -0.15) is 5.10 Å². The second-order valence-corrected chi connectivity index (χ2v) is 6.18. The first-order valence-corrected chi connectivity index (χ1v) is 7.85. The predicted molar refractivity (Wildman–Crippen MR) is 78.1 cm³/mol. The van der Waals surface area contributed by atoms with Crippen LogP contribution in [0.2, 0.25) is 0 Å². The maximum atomic E-state index is 10.9. The van der Waals surface area contributed by atoms with Gasteiger partial charge in [0.05, 0.1) is 11.3 Å². The average molecular weight is 264 g/mol. The van der Waals surface area contributed by atoms with Crippen LogP contribution in [0.4, 0.5) is 0 Å². The zero-order chi connectivity index (χ0) is 13.9. The molecule has 2 rings (SSSR count). The van der Waals surface area contributed by atoms with E-state index in [4.69, 9.17) is 0 Å². The summed E-state index contributed by atoms with van der Waals surface area (Å²) in [5.74, 6) is 0.440. The van der Waals surface area contributed by atoms with Gasteiger partial charge in [-0.25, -0.2) is 0 Å². The van der Waals surface area contributed by atoms with Crippen molar-refractivity contribution in [1.82, 2.24) is 9.78 Å². The van der Waals surface area contributed by atoms with E-state index in [-0.39, 0.29) is 0 Å². The first kappa shape index (κ1) is 14.6. The van der Waals surface area contributed by atoms with Crippen LogP contribution in [-0.4, -0.2) is 20.5 Å². The molecule has 0 spiro atoms. The summed E-state index contributed by atoms with van der Waals surface area (Å²) in [6.07, 6.45) is 9.44. The van der Waals surface area contributed by atoms with Gasteiger partial charge >= 0.3 is 0 Å². The summed E-state index contributed by atoms with van der Waals surface area (Å²) >= 11 is 0. The van der Waals surface area contributed by atoms with Gasteiger partial charge in [-0.15, -0.1) is 0 Å². The van der Waals surface area contributed by atoms with Crippen LogP contribution in [0.1, 0.15) is 71.0 Å². The molecule has 3 unspecified atom stereocenters. The molecular weight excluding hydrogens is 236 g/mol. The Hall–Kier alpha value is -0.830. The van der Waals surface area contributed by atoms with E-state index in [1.165, 1.54) is 12.8 Å². The number of nitrogens with zero attached hydrogens (tertiary/aromatic N) is 2. The van der Waals surface area contributed by atoms with Crippen molar-refractivity contribution in [1.29, 1.82) is 0 Å². The van der Waals surface area contributed by atoms with Crippen LogP contribution in [-0.2, 0) is 6.42 Å². The zero-order valence-corrected chi connectivity index (χ0v) is 12.6. The van der Waals surface area contributed by atoms with Crippen molar-refractivity contribution in [2.45, 2.75) is 77.4 Å². The Balaban J connectivity index is 2.08. The molecule has 108 valence electrons. The molecule has 0 saturated heterocycles. The van der Waals surface area contributed by atoms with Crippen molar-refractivity contribution in [3.05, 3.63) is 18.0 Å². The van der Waals surface area contributed by atoms with E-state index in [2.05, 4.69) is 38.1 Å². The quantitative estimate of drug-likeness (QED) is 0.880. The van der Waals surface area contributed by atoms with Crippen LogP contribution in [0.5, 0.6) is 0 Å². The highest BCUT2D eigenvalue weighted by molar-refractivity contribution is 5.06. The van der Waals surface area contributed by atoms with Gasteiger partial charge in [0.1, 0.15) is 0 Å².